The maximum Gasteiger partial charge on any atom is 0.238 e. The topological polar surface area (TPSA) is 44.4 Å². The van der Waals surface area contributed by atoms with Gasteiger partial charge in [0.15, 0.2) is 0 Å². The molecule has 0 unspecified atom stereocenters. The van der Waals surface area contributed by atoms with Crippen molar-refractivity contribution in [2.75, 3.05) is 31.5 Å². The fourth-order valence-corrected chi connectivity index (χ4v) is 2.32. The predicted molar refractivity (Wildman–Crippen MR) is 85.7 cm³/mol. The van der Waals surface area contributed by atoms with Crippen LogP contribution in [0, 0.1) is 13.8 Å². The molecule has 1 amide bonds. The Balaban J connectivity index is 0.00000200. The molecular weight excluding hydrogens is 274 g/mol. The molecule has 112 valence electrons. The van der Waals surface area contributed by atoms with E-state index in [1.54, 1.807) is 0 Å². The largest absolute Gasteiger partial charge is 0.325 e. The van der Waals surface area contributed by atoms with Gasteiger partial charge in [0.25, 0.3) is 0 Å². The van der Waals surface area contributed by atoms with Gasteiger partial charge in [0.05, 0.1) is 6.54 Å². The van der Waals surface area contributed by atoms with Crippen molar-refractivity contribution < 1.29 is 4.79 Å². The molecule has 1 heterocycles. The first-order valence-corrected chi connectivity index (χ1v) is 6.88. The number of piperazine rings is 1. The van der Waals surface area contributed by atoms with E-state index in [1.165, 1.54) is 11.1 Å². The molecule has 1 aromatic rings. The first kappa shape index (κ1) is 17.0. The van der Waals surface area contributed by atoms with Gasteiger partial charge in [-0.25, -0.2) is 0 Å². The Morgan fingerprint density at radius 2 is 2.15 bits per heavy atom. The van der Waals surface area contributed by atoms with Crippen molar-refractivity contribution in [2.45, 2.75) is 26.8 Å². The van der Waals surface area contributed by atoms with E-state index in [9.17, 15) is 4.79 Å². The monoisotopic (exact) mass is 297 g/mol. The second-order valence-corrected chi connectivity index (χ2v) is 5.37. The number of nitrogens with zero attached hydrogens (tertiary/aromatic N) is 1. The molecule has 0 spiro atoms. The third-order valence-corrected chi connectivity index (χ3v) is 3.78. The number of anilines is 1. The van der Waals surface area contributed by atoms with Gasteiger partial charge in [-0.05, 0) is 44.0 Å². The fourth-order valence-electron chi connectivity index (χ4n) is 2.32. The number of halogens is 1. The molecule has 1 atom stereocenters. The standard InChI is InChI=1S/C15H23N3O.ClH/c1-11-4-5-14(8-12(11)2)17-15(19)10-18-7-6-16-9-13(18)3;/h4-5,8,13,16H,6-7,9-10H2,1-3H3,(H,17,19);1H/t13-;/m0./s1. The van der Waals surface area contributed by atoms with Crippen LogP contribution < -0.4 is 10.6 Å². The molecule has 20 heavy (non-hydrogen) atoms. The molecule has 1 fully saturated rings. The average Bonchev–Trinajstić information content (AvgIpc) is 2.37. The van der Waals surface area contributed by atoms with Crippen LogP contribution in [0.1, 0.15) is 18.1 Å². The van der Waals surface area contributed by atoms with Crippen LogP contribution in [0.5, 0.6) is 0 Å². The summed E-state index contributed by atoms with van der Waals surface area (Å²) in [5, 5.41) is 6.30. The van der Waals surface area contributed by atoms with Gasteiger partial charge >= 0.3 is 0 Å². The summed E-state index contributed by atoms with van der Waals surface area (Å²) >= 11 is 0. The first-order chi connectivity index (χ1) is 9.06. The minimum absolute atomic E-state index is 0. The highest BCUT2D eigenvalue weighted by molar-refractivity contribution is 5.92. The number of carbonyl (C=O) groups is 1. The van der Waals surface area contributed by atoms with Gasteiger partial charge in [0.1, 0.15) is 0 Å². The maximum atomic E-state index is 12.0. The number of aryl methyl sites for hydroxylation is 2. The van der Waals surface area contributed by atoms with Crippen molar-refractivity contribution >= 4 is 24.0 Å². The average molecular weight is 298 g/mol. The van der Waals surface area contributed by atoms with Gasteiger partial charge in [-0.15, -0.1) is 12.4 Å². The molecule has 2 N–H and O–H groups in total. The summed E-state index contributed by atoms with van der Waals surface area (Å²) in [6.07, 6.45) is 0. The Hall–Kier alpha value is -1.10. The minimum atomic E-state index is 0. The molecule has 2 rings (SSSR count). The van der Waals surface area contributed by atoms with Crippen molar-refractivity contribution in [1.29, 1.82) is 0 Å². The van der Waals surface area contributed by atoms with Crippen LogP contribution in [0.15, 0.2) is 18.2 Å². The van der Waals surface area contributed by atoms with Crippen LogP contribution in [0.4, 0.5) is 5.69 Å². The normalized spacial score (nSPS) is 19.2. The number of amides is 1. The zero-order valence-corrected chi connectivity index (χ0v) is 13.2. The molecule has 1 saturated heterocycles. The highest BCUT2D eigenvalue weighted by Gasteiger charge is 2.20. The lowest BCUT2D eigenvalue weighted by Crippen LogP contribution is -2.51. The Morgan fingerprint density at radius 3 is 2.80 bits per heavy atom. The SMILES string of the molecule is Cc1ccc(NC(=O)CN2CCNC[C@@H]2C)cc1C.Cl. The van der Waals surface area contributed by atoms with Crippen LogP contribution in [0.3, 0.4) is 0 Å². The van der Waals surface area contributed by atoms with E-state index in [2.05, 4.69) is 36.3 Å². The molecule has 5 heteroatoms. The third kappa shape index (κ3) is 4.47. The lowest BCUT2D eigenvalue weighted by atomic mass is 10.1. The first-order valence-electron chi connectivity index (χ1n) is 6.88. The molecule has 0 bridgehead atoms. The van der Waals surface area contributed by atoms with E-state index < -0.39 is 0 Å². The fraction of sp³-hybridized carbons (Fsp3) is 0.533. The third-order valence-electron chi connectivity index (χ3n) is 3.78. The number of rotatable bonds is 3. The highest BCUT2D eigenvalue weighted by atomic mass is 35.5. The Kier molecular flexibility index (Phi) is 6.46. The molecule has 1 aliphatic rings. The van der Waals surface area contributed by atoms with Crippen molar-refractivity contribution in [3.05, 3.63) is 29.3 Å². The zero-order chi connectivity index (χ0) is 13.8. The number of nitrogens with one attached hydrogen (secondary N) is 2. The van der Waals surface area contributed by atoms with Gasteiger partial charge in [-0.1, -0.05) is 6.07 Å². The van der Waals surface area contributed by atoms with Gasteiger partial charge in [-0.2, -0.15) is 0 Å². The van der Waals surface area contributed by atoms with Crippen LogP contribution >= 0.6 is 12.4 Å². The van der Waals surface area contributed by atoms with Crippen LogP contribution in [-0.4, -0.2) is 43.0 Å². The Bertz CT molecular complexity index is 464. The van der Waals surface area contributed by atoms with Crippen LogP contribution in [-0.2, 0) is 4.79 Å². The summed E-state index contributed by atoms with van der Waals surface area (Å²) < 4.78 is 0. The molecule has 0 radical (unpaired) electrons. The summed E-state index contributed by atoms with van der Waals surface area (Å²) in [6.45, 7) is 9.59. The molecule has 0 saturated carbocycles. The molecular formula is C15H24ClN3O. The van der Waals surface area contributed by atoms with Crippen LogP contribution in [0.2, 0.25) is 0 Å². The van der Waals surface area contributed by atoms with Crippen molar-refractivity contribution in [2.24, 2.45) is 0 Å². The summed E-state index contributed by atoms with van der Waals surface area (Å²) in [4.78, 5) is 14.3. The summed E-state index contributed by atoms with van der Waals surface area (Å²) in [6, 6.07) is 6.44. The quantitative estimate of drug-likeness (QED) is 0.896. The van der Waals surface area contributed by atoms with E-state index in [0.29, 0.717) is 12.6 Å². The number of hydrogen-bond donors (Lipinski definition) is 2. The van der Waals surface area contributed by atoms with Gasteiger partial charge < -0.3 is 10.6 Å². The Labute approximate surface area is 127 Å². The number of benzene rings is 1. The Morgan fingerprint density at radius 1 is 1.40 bits per heavy atom. The molecule has 1 aliphatic heterocycles. The van der Waals surface area contributed by atoms with E-state index >= 15 is 0 Å². The van der Waals surface area contributed by atoms with Gasteiger partial charge in [0.2, 0.25) is 5.91 Å². The number of hydrogen-bond acceptors (Lipinski definition) is 3. The summed E-state index contributed by atoms with van der Waals surface area (Å²) in [7, 11) is 0. The molecule has 1 aromatic carbocycles. The minimum Gasteiger partial charge on any atom is -0.325 e. The van der Waals surface area contributed by atoms with Crippen molar-refractivity contribution in [3.8, 4) is 0 Å². The summed E-state index contributed by atoms with van der Waals surface area (Å²) in [5.74, 6) is 0.0667. The van der Waals surface area contributed by atoms with Crippen LogP contribution in [0.25, 0.3) is 0 Å². The van der Waals surface area contributed by atoms with E-state index in [4.69, 9.17) is 0 Å². The second kappa shape index (κ2) is 7.62. The predicted octanol–water partition coefficient (Wildman–Crippen LogP) is 1.96. The van der Waals surface area contributed by atoms with E-state index in [1.807, 2.05) is 18.2 Å². The van der Waals surface area contributed by atoms with E-state index in [-0.39, 0.29) is 18.3 Å². The van der Waals surface area contributed by atoms with Crippen molar-refractivity contribution in [1.82, 2.24) is 10.2 Å². The molecule has 4 nitrogen and oxygen atoms in total. The summed E-state index contributed by atoms with van der Waals surface area (Å²) in [5.41, 5.74) is 3.33. The lowest BCUT2D eigenvalue weighted by Gasteiger charge is -2.33. The molecule has 0 aromatic heterocycles. The molecule has 0 aliphatic carbocycles. The van der Waals surface area contributed by atoms with Gasteiger partial charge in [0, 0.05) is 31.4 Å². The second-order valence-electron chi connectivity index (χ2n) is 5.37. The van der Waals surface area contributed by atoms with E-state index in [0.717, 1.165) is 25.3 Å². The smallest absolute Gasteiger partial charge is 0.238 e. The highest BCUT2D eigenvalue weighted by Crippen LogP contribution is 2.14. The lowest BCUT2D eigenvalue weighted by molar-refractivity contribution is -0.118. The number of carbonyl (C=O) groups excluding carboxylic acids is 1. The van der Waals surface area contributed by atoms with Crippen molar-refractivity contribution in [3.63, 3.8) is 0 Å². The maximum absolute atomic E-state index is 12.0. The zero-order valence-electron chi connectivity index (χ0n) is 12.4. The van der Waals surface area contributed by atoms with Gasteiger partial charge in [-0.3, -0.25) is 9.69 Å².